The third-order valence-electron chi connectivity index (χ3n) is 4.69. The van der Waals surface area contributed by atoms with Gasteiger partial charge < -0.3 is 24.9 Å². The van der Waals surface area contributed by atoms with Crippen molar-refractivity contribution in [1.29, 1.82) is 0 Å². The van der Waals surface area contributed by atoms with Crippen molar-refractivity contribution in [2.24, 2.45) is 4.99 Å². The molecule has 3 N–H and O–H groups in total. The first-order valence-electron chi connectivity index (χ1n) is 9.80. The van der Waals surface area contributed by atoms with Gasteiger partial charge in [0, 0.05) is 24.5 Å². The topological polar surface area (TPSA) is 82.3 Å². The Labute approximate surface area is 170 Å². The third kappa shape index (κ3) is 5.81. The average Bonchev–Trinajstić information content (AvgIpc) is 3.40. The van der Waals surface area contributed by atoms with Crippen LogP contribution >= 0.6 is 11.3 Å². The Hall–Kier alpha value is -1.87. The van der Waals surface area contributed by atoms with Crippen molar-refractivity contribution < 1.29 is 14.3 Å². The lowest BCUT2D eigenvalue weighted by atomic mass is 10.1. The molecule has 7 nitrogen and oxygen atoms in total. The van der Waals surface area contributed by atoms with Crippen LogP contribution in [0.4, 0.5) is 0 Å². The molecule has 8 heteroatoms. The van der Waals surface area contributed by atoms with Gasteiger partial charge in [0.25, 0.3) is 0 Å². The minimum Gasteiger partial charge on any atom is -0.467 e. The lowest BCUT2D eigenvalue weighted by Crippen LogP contribution is -2.44. The molecule has 1 aliphatic heterocycles. The summed E-state index contributed by atoms with van der Waals surface area (Å²) in [5.74, 6) is 1.23. The molecule has 154 valence electrons. The van der Waals surface area contributed by atoms with Gasteiger partial charge in [-0.1, -0.05) is 6.07 Å². The summed E-state index contributed by atoms with van der Waals surface area (Å²) in [6.45, 7) is 8.42. The lowest BCUT2D eigenvalue weighted by molar-refractivity contribution is -0.0327. The number of furan rings is 1. The number of aliphatic hydroxyl groups is 1. The summed E-state index contributed by atoms with van der Waals surface area (Å²) in [5, 5.41) is 18.8. The van der Waals surface area contributed by atoms with Crippen LogP contribution in [0.3, 0.4) is 0 Å². The van der Waals surface area contributed by atoms with Gasteiger partial charge in [-0.05, 0) is 37.4 Å². The van der Waals surface area contributed by atoms with Crippen LogP contribution in [0.1, 0.15) is 36.6 Å². The highest BCUT2D eigenvalue weighted by atomic mass is 32.1. The summed E-state index contributed by atoms with van der Waals surface area (Å²) in [5.41, 5.74) is 0. The number of hydrogen-bond acceptors (Lipinski definition) is 6. The number of morpholine rings is 1. The Bertz CT molecular complexity index is 705. The van der Waals surface area contributed by atoms with Crippen LogP contribution in [0.25, 0.3) is 0 Å². The van der Waals surface area contributed by atoms with Crippen LogP contribution < -0.4 is 10.6 Å². The number of rotatable bonds is 8. The van der Waals surface area contributed by atoms with Gasteiger partial charge in [-0.3, -0.25) is 9.89 Å². The van der Waals surface area contributed by atoms with Crippen LogP contribution in [0, 0.1) is 0 Å². The number of hydrogen-bond donors (Lipinski definition) is 3. The Morgan fingerprint density at radius 2 is 2.29 bits per heavy atom. The molecule has 3 heterocycles. The van der Waals surface area contributed by atoms with Crippen LogP contribution in [-0.4, -0.2) is 61.4 Å². The molecule has 3 atom stereocenters. The fourth-order valence-corrected chi connectivity index (χ4v) is 4.14. The van der Waals surface area contributed by atoms with Gasteiger partial charge in [0.2, 0.25) is 0 Å². The fraction of sp³-hybridized carbons (Fsp3) is 0.550. The number of nitrogens with one attached hydrogen (secondary N) is 2. The fourth-order valence-electron chi connectivity index (χ4n) is 3.29. The highest BCUT2D eigenvalue weighted by Crippen LogP contribution is 2.27. The Morgan fingerprint density at radius 3 is 2.96 bits per heavy atom. The average molecular weight is 407 g/mol. The first-order chi connectivity index (χ1) is 13.7. The van der Waals surface area contributed by atoms with Crippen molar-refractivity contribution in [3.05, 3.63) is 46.5 Å². The normalized spacial score (nSPS) is 20.7. The lowest BCUT2D eigenvalue weighted by Gasteiger charge is -2.36. The van der Waals surface area contributed by atoms with E-state index in [1.54, 1.807) is 29.7 Å². The molecular formula is C20H30N4O3S. The van der Waals surface area contributed by atoms with Crippen molar-refractivity contribution in [3.63, 3.8) is 0 Å². The van der Waals surface area contributed by atoms with E-state index < -0.39 is 6.10 Å². The molecule has 3 unspecified atom stereocenters. The summed E-state index contributed by atoms with van der Waals surface area (Å²) in [4.78, 5) is 8.56. The molecule has 0 aromatic carbocycles. The van der Waals surface area contributed by atoms with E-state index in [0.29, 0.717) is 24.8 Å². The summed E-state index contributed by atoms with van der Waals surface area (Å²) in [6.07, 6.45) is 1.08. The summed E-state index contributed by atoms with van der Waals surface area (Å²) < 4.78 is 11.0. The van der Waals surface area contributed by atoms with E-state index in [-0.39, 0.29) is 12.1 Å². The molecule has 2 aromatic rings. The van der Waals surface area contributed by atoms with E-state index in [0.717, 1.165) is 26.2 Å². The summed E-state index contributed by atoms with van der Waals surface area (Å²) in [6, 6.07) is 8.02. The number of guanidine groups is 1. The minimum absolute atomic E-state index is 0.219. The molecule has 0 amide bonds. The number of ether oxygens (including phenoxy) is 1. The molecule has 0 radical (unpaired) electrons. The molecule has 1 fully saturated rings. The van der Waals surface area contributed by atoms with E-state index in [4.69, 9.17) is 14.1 Å². The molecule has 0 saturated carbocycles. The highest BCUT2D eigenvalue weighted by Gasteiger charge is 2.26. The molecule has 0 spiro atoms. The van der Waals surface area contributed by atoms with Gasteiger partial charge in [-0.15, -0.1) is 11.3 Å². The Kier molecular flexibility index (Phi) is 7.90. The van der Waals surface area contributed by atoms with Gasteiger partial charge in [-0.25, -0.2) is 0 Å². The SMILES string of the molecule is CCNC(=NCC(c1cccs1)N1CCOC(C)C1)NCC(O)c1ccco1. The molecule has 28 heavy (non-hydrogen) atoms. The second kappa shape index (κ2) is 10.6. The van der Waals surface area contributed by atoms with Crippen LogP contribution in [-0.2, 0) is 4.74 Å². The maximum absolute atomic E-state index is 10.2. The molecule has 1 aliphatic rings. The molecule has 3 rings (SSSR count). The van der Waals surface area contributed by atoms with Gasteiger partial charge >= 0.3 is 0 Å². The molecule has 0 bridgehead atoms. The zero-order valence-corrected chi connectivity index (χ0v) is 17.3. The van der Waals surface area contributed by atoms with E-state index in [2.05, 4.69) is 40.0 Å². The van der Waals surface area contributed by atoms with E-state index in [1.165, 1.54) is 4.88 Å². The molecule has 1 saturated heterocycles. The van der Waals surface area contributed by atoms with Crippen LogP contribution in [0.2, 0.25) is 0 Å². The number of aliphatic hydroxyl groups excluding tert-OH is 1. The smallest absolute Gasteiger partial charge is 0.191 e. The van der Waals surface area contributed by atoms with Crippen LogP contribution in [0.5, 0.6) is 0 Å². The van der Waals surface area contributed by atoms with Crippen LogP contribution in [0.15, 0.2) is 45.3 Å². The van der Waals surface area contributed by atoms with Gasteiger partial charge in [0.15, 0.2) is 5.96 Å². The number of thiophene rings is 1. The zero-order chi connectivity index (χ0) is 19.8. The van der Waals surface area contributed by atoms with E-state index in [9.17, 15) is 5.11 Å². The molecule has 0 aliphatic carbocycles. The first-order valence-corrected chi connectivity index (χ1v) is 10.7. The standard InChI is InChI=1S/C20H30N4O3S/c1-3-21-20(23-13-17(25)18-6-4-9-27-18)22-12-16(19-7-5-11-28-19)24-8-10-26-15(2)14-24/h4-7,9,11,15-17,25H,3,8,10,12-14H2,1-2H3,(H2,21,22,23). The van der Waals surface area contributed by atoms with Crippen molar-refractivity contribution >= 4 is 17.3 Å². The van der Waals surface area contributed by atoms with E-state index in [1.807, 2.05) is 6.92 Å². The largest absolute Gasteiger partial charge is 0.467 e. The zero-order valence-electron chi connectivity index (χ0n) is 16.5. The quantitative estimate of drug-likeness (QED) is 0.461. The Morgan fingerprint density at radius 1 is 1.39 bits per heavy atom. The van der Waals surface area contributed by atoms with Crippen molar-refractivity contribution in [2.45, 2.75) is 32.1 Å². The molecule has 2 aromatic heterocycles. The van der Waals surface area contributed by atoms with E-state index >= 15 is 0 Å². The summed E-state index contributed by atoms with van der Waals surface area (Å²) in [7, 11) is 0. The Balaban J connectivity index is 1.65. The number of aliphatic imine (C=N–C) groups is 1. The monoisotopic (exact) mass is 406 g/mol. The second-order valence-electron chi connectivity index (χ2n) is 6.84. The third-order valence-corrected chi connectivity index (χ3v) is 5.66. The highest BCUT2D eigenvalue weighted by molar-refractivity contribution is 7.10. The van der Waals surface area contributed by atoms with Gasteiger partial charge in [0.1, 0.15) is 11.9 Å². The van der Waals surface area contributed by atoms with Gasteiger partial charge in [0.05, 0.1) is 38.1 Å². The van der Waals surface area contributed by atoms with Crippen molar-refractivity contribution in [3.8, 4) is 0 Å². The first kappa shape index (κ1) is 20.9. The maximum atomic E-state index is 10.2. The second-order valence-corrected chi connectivity index (χ2v) is 7.82. The van der Waals surface area contributed by atoms with Crippen molar-refractivity contribution in [1.82, 2.24) is 15.5 Å². The van der Waals surface area contributed by atoms with Gasteiger partial charge in [-0.2, -0.15) is 0 Å². The summed E-state index contributed by atoms with van der Waals surface area (Å²) >= 11 is 1.76. The number of nitrogens with zero attached hydrogens (tertiary/aromatic N) is 2. The predicted molar refractivity (Wildman–Crippen MR) is 112 cm³/mol. The van der Waals surface area contributed by atoms with Crippen molar-refractivity contribution in [2.75, 3.05) is 39.3 Å². The maximum Gasteiger partial charge on any atom is 0.191 e. The molecular weight excluding hydrogens is 376 g/mol. The minimum atomic E-state index is -0.716. The predicted octanol–water partition coefficient (Wildman–Crippen LogP) is 2.39.